The highest BCUT2D eigenvalue weighted by molar-refractivity contribution is 5.98. The molecular formula is C48H32F2N4O3. The van der Waals surface area contributed by atoms with E-state index in [2.05, 4.69) is 12.1 Å². The first-order chi connectivity index (χ1) is 27.8. The summed E-state index contributed by atoms with van der Waals surface area (Å²) in [6.45, 7) is 0. The molecule has 2 atom stereocenters. The summed E-state index contributed by atoms with van der Waals surface area (Å²) in [5.41, 5.74) is 7.24. The number of nitriles is 2. The molecule has 0 N–H and O–H groups in total. The van der Waals surface area contributed by atoms with Crippen LogP contribution in [0.4, 0.5) is 8.78 Å². The van der Waals surface area contributed by atoms with Crippen molar-refractivity contribution in [1.29, 1.82) is 10.5 Å². The molecule has 276 valence electrons. The molecule has 2 amide bonds. The third-order valence-corrected chi connectivity index (χ3v) is 10.1. The fourth-order valence-electron chi connectivity index (χ4n) is 7.29. The molecule has 0 saturated heterocycles. The van der Waals surface area contributed by atoms with E-state index in [-0.39, 0.29) is 23.4 Å². The highest BCUT2D eigenvalue weighted by atomic mass is 19.1. The van der Waals surface area contributed by atoms with Gasteiger partial charge < -0.3 is 4.74 Å². The number of carbonyl (C=O) groups is 2. The molecule has 7 nitrogen and oxygen atoms in total. The Labute approximate surface area is 328 Å². The van der Waals surface area contributed by atoms with E-state index in [1.165, 1.54) is 34.1 Å². The van der Waals surface area contributed by atoms with Crippen LogP contribution in [-0.2, 0) is 12.8 Å². The molecule has 2 heterocycles. The Balaban J connectivity index is 0.986. The number of amides is 2. The third-order valence-electron chi connectivity index (χ3n) is 10.1. The first-order valence-corrected chi connectivity index (χ1v) is 18.2. The molecule has 0 radical (unpaired) electrons. The lowest BCUT2D eigenvalue weighted by Crippen LogP contribution is -2.33. The van der Waals surface area contributed by atoms with E-state index < -0.39 is 12.1 Å². The fourth-order valence-corrected chi connectivity index (χ4v) is 7.29. The Morgan fingerprint density at radius 1 is 0.526 bits per heavy atom. The Bertz CT molecular complexity index is 2460. The average Bonchev–Trinajstić information content (AvgIpc) is 3.25. The Morgan fingerprint density at radius 2 is 0.895 bits per heavy atom. The summed E-state index contributed by atoms with van der Waals surface area (Å²) in [6.07, 6.45) is 4.30. The Kier molecular flexibility index (Phi) is 9.97. The third kappa shape index (κ3) is 7.43. The topological polar surface area (TPSA) is 97.4 Å². The van der Waals surface area contributed by atoms with Gasteiger partial charge in [0.25, 0.3) is 11.8 Å². The van der Waals surface area contributed by atoms with Crippen LogP contribution in [0.2, 0.25) is 0 Å². The smallest absolute Gasteiger partial charge is 0.259 e. The minimum absolute atomic E-state index is 0.334. The van der Waals surface area contributed by atoms with E-state index in [0.29, 0.717) is 46.6 Å². The summed E-state index contributed by atoms with van der Waals surface area (Å²) in [5.74, 6) is -0.505. The molecule has 2 unspecified atom stereocenters. The zero-order valence-corrected chi connectivity index (χ0v) is 30.3. The largest absolute Gasteiger partial charge is 0.457 e. The summed E-state index contributed by atoms with van der Waals surface area (Å²) in [5, 5.41) is 20.4. The van der Waals surface area contributed by atoms with Crippen LogP contribution in [0.15, 0.2) is 158 Å². The fraction of sp³-hybridized carbons (Fsp3) is 0.0833. The van der Waals surface area contributed by atoms with Gasteiger partial charge in [-0.25, -0.2) is 8.78 Å². The van der Waals surface area contributed by atoms with Gasteiger partial charge in [-0.05, 0) is 130 Å². The standard InChI is InChI=1S/C48H32F2N4O3/c49-37-17-9-31(10-18-37)25-35-29-53(45(27-51)43-7-3-1-5-41(35)43)47(55)33-13-21-39(22-14-33)57-40-23-15-34(16-24-40)48(56)54-30-36(26-32-11-19-38(50)20-12-32)42-6-2-4-8-44(42)46(54)28-52/h1-24,29-30,45-46H,25-26H2. The maximum atomic E-state index is 13.9. The minimum Gasteiger partial charge on any atom is -0.457 e. The quantitative estimate of drug-likeness (QED) is 0.154. The molecule has 57 heavy (non-hydrogen) atoms. The van der Waals surface area contributed by atoms with E-state index in [1.807, 2.05) is 48.5 Å². The van der Waals surface area contributed by atoms with Crippen molar-refractivity contribution in [2.24, 2.45) is 0 Å². The molecule has 0 aliphatic carbocycles. The molecule has 6 aromatic rings. The van der Waals surface area contributed by atoms with Crippen molar-refractivity contribution in [3.05, 3.63) is 214 Å². The zero-order chi connectivity index (χ0) is 39.5. The number of hydrogen-bond acceptors (Lipinski definition) is 5. The Morgan fingerprint density at radius 3 is 1.26 bits per heavy atom. The van der Waals surface area contributed by atoms with Gasteiger partial charge in [0.05, 0.1) is 12.1 Å². The van der Waals surface area contributed by atoms with Crippen LogP contribution in [0.3, 0.4) is 0 Å². The SMILES string of the molecule is N#CC1c2ccccc2C(Cc2ccc(F)cc2)=CN1C(=O)c1ccc(Oc2ccc(C(=O)N3C=C(Cc4ccc(F)cc4)c4ccccc4C3C#N)cc2)cc1. The molecule has 0 aromatic heterocycles. The average molecular weight is 751 g/mol. The van der Waals surface area contributed by atoms with Gasteiger partial charge in [0.2, 0.25) is 0 Å². The maximum Gasteiger partial charge on any atom is 0.259 e. The molecule has 9 heteroatoms. The molecule has 6 aromatic carbocycles. The lowest BCUT2D eigenvalue weighted by molar-refractivity contribution is 0.0785. The second kappa shape index (κ2) is 15.6. The Hall–Kier alpha value is -7.62. The van der Waals surface area contributed by atoms with E-state index >= 15 is 0 Å². The second-order valence-electron chi connectivity index (χ2n) is 13.7. The molecule has 8 rings (SSSR count). The lowest BCUT2D eigenvalue weighted by Gasteiger charge is -2.32. The van der Waals surface area contributed by atoms with Crippen LogP contribution in [0.5, 0.6) is 11.5 Å². The molecule has 0 fully saturated rings. The normalized spacial score (nSPS) is 15.6. The van der Waals surface area contributed by atoms with Gasteiger partial charge in [0.15, 0.2) is 0 Å². The van der Waals surface area contributed by atoms with E-state index in [0.717, 1.165) is 33.4 Å². The first-order valence-electron chi connectivity index (χ1n) is 18.2. The van der Waals surface area contributed by atoms with E-state index in [4.69, 9.17) is 4.74 Å². The van der Waals surface area contributed by atoms with Gasteiger partial charge in [-0.15, -0.1) is 0 Å². The van der Waals surface area contributed by atoms with Crippen molar-refractivity contribution in [2.45, 2.75) is 24.9 Å². The van der Waals surface area contributed by atoms with Crippen LogP contribution in [0.1, 0.15) is 66.2 Å². The molecule has 0 spiro atoms. The van der Waals surface area contributed by atoms with Crippen LogP contribution in [-0.4, -0.2) is 21.6 Å². The van der Waals surface area contributed by atoms with E-state index in [1.54, 1.807) is 85.2 Å². The van der Waals surface area contributed by atoms with Crippen LogP contribution in [0.25, 0.3) is 11.1 Å². The minimum atomic E-state index is -0.845. The van der Waals surface area contributed by atoms with Gasteiger partial charge in [-0.2, -0.15) is 10.5 Å². The van der Waals surface area contributed by atoms with Crippen LogP contribution < -0.4 is 4.74 Å². The summed E-state index contributed by atoms with van der Waals surface area (Å²) in [4.78, 5) is 30.7. The number of ether oxygens (including phenoxy) is 1. The van der Waals surface area contributed by atoms with Crippen LogP contribution >= 0.6 is 0 Å². The van der Waals surface area contributed by atoms with Crippen molar-refractivity contribution < 1.29 is 23.1 Å². The molecule has 2 aliphatic rings. The van der Waals surface area contributed by atoms with Crippen LogP contribution in [0, 0.1) is 34.3 Å². The molecule has 2 aliphatic heterocycles. The van der Waals surface area contributed by atoms with Gasteiger partial charge >= 0.3 is 0 Å². The lowest BCUT2D eigenvalue weighted by atomic mass is 9.88. The molecule has 0 bridgehead atoms. The number of nitrogens with zero attached hydrogens (tertiary/aromatic N) is 4. The number of carbonyl (C=O) groups excluding carboxylic acids is 2. The monoisotopic (exact) mass is 750 g/mol. The molecular weight excluding hydrogens is 719 g/mol. The summed E-state index contributed by atoms with van der Waals surface area (Å²) in [7, 11) is 0. The summed E-state index contributed by atoms with van der Waals surface area (Å²) in [6, 6.07) is 43.4. The van der Waals surface area contributed by atoms with Crippen molar-refractivity contribution in [3.63, 3.8) is 0 Å². The summed E-state index contributed by atoms with van der Waals surface area (Å²) < 4.78 is 33.3. The maximum absolute atomic E-state index is 13.9. The predicted octanol–water partition coefficient (Wildman–Crippen LogP) is 10.4. The highest BCUT2D eigenvalue weighted by Crippen LogP contribution is 2.39. The van der Waals surface area contributed by atoms with Crippen molar-refractivity contribution in [2.75, 3.05) is 0 Å². The highest BCUT2D eigenvalue weighted by Gasteiger charge is 2.33. The van der Waals surface area contributed by atoms with Gasteiger partial charge in [0, 0.05) is 23.5 Å². The van der Waals surface area contributed by atoms with Crippen molar-refractivity contribution in [3.8, 4) is 23.6 Å². The second-order valence-corrected chi connectivity index (χ2v) is 13.7. The zero-order valence-electron chi connectivity index (χ0n) is 30.3. The first kappa shape index (κ1) is 36.4. The number of fused-ring (bicyclic) bond motifs is 2. The number of allylic oxidation sites excluding steroid dienone is 2. The number of halogens is 2. The van der Waals surface area contributed by atoms with Gasteiger partial charge in [0.1, 0.15) is 35.2 Å². The number of benzene rings is 6. The van der Waals surface area contributed by atoms with Gasteiger partial charge in [-0.1, -0.05) is 72.8 Å². The molecule has 0 saturated carbocycles. The van der Waals surface area contributed by atoms with Crippen molar-refractivity contribution >= 4 is 23.0 Å². The predicted molar refractivity (Wildman–Crippen MR) is 211 cm³/mol. The number of hydrogen-bond donors (Lipinski definition) is 0. The van der Waals surface area contributed by atoms with Gasteiger partial charge in [-0.3, -0.25) is 19.4 Å². The van der Waals surface area contributed by atoms with E-state index in [9.17, 15) is 28.9 Å². The summed E-state index contributed by atoms with van der Waals surface area (Å²) >= 11 is 0. The van der Waals surface area contributed by atoms with Crippen molar-refractivity contribution in [1.82, 2.24) is 9.80 Å². The number of rotatable bonds is 8.